The lowest BCUT2D eigenvalue weighted by molar-refractivity contribution is 0.102. The molecule has 1 heterocycles. The molecule has 2 aromatic rings. The number of nitrogens with one attached hydrogen (secondary N) is 2. The fourth-order valence-electron chi connectivity index (χ4n) is 1.42. The molecule has 0 saturated carbocycles. The first-order valence-electron chi connectivity index (χ1n) is 4.95. The molecule has 6 heteroatoms. The molecule has 0 fully saturated rings. The van der Waals surface area contributed by atoms with Crippen LogP contribution in [0.25, 0.3) is 0 Å². The zero-order valence-corrected chi connectivity index (χ0v) is 9.88. The van der Waals surface area contributed by atoms with Crippen LogP contribution >= 0.6 is 11.6 Å². The highest BCUT2D eigenvalue weighted by Gasteiger charge is 2.12. The number of H-pyrrole nitrogens is 1. The van der Waals surface area contributed by atoms with Crippen LogP contribution in [0.3, 0.4) is 0 Å². The lowest BCUT2D eigenvalue weighted by Gasteiger charge is -2.08. The molecule has 0 radical (unpaired) electrons. The monoisotopic (exact) mass is 250 g/mol. The van der Waals surface area contributed by atoms with Crippen molar-refractivity contribution in [3.05, 3.63) is 40.5 Å². The van der Waals surface area contributed by atoms with Crippen molar-refractivity contribution in [2.24, 2.45) is 0 Å². The van der Waals surface area contributed by atoms with Crippen molar-refractivity contribution >= 4 is 29.0 Å². The molecule has 0 unspecified atom stereocenters. The molecule has 4 N–H and O–H groups in total. The fourth-order valence-corrected chi connectivity index (χ4v) is 1.69. The number of rotatable bonds is 2. The Bertz CT molecular complexity index is 544. The Balaban J connectivity index is 2.24. The second-order valence-electron chi connectivity index (χ2n) is 3.59. The van der Waals surface area contributed by atoms with E-state index in [0.717, 1.165) is 5.56 Å². The van der Waals surface area contributed by atoms with Crippen molar-refractivity contribution in [3.63, 3.8) is 0 Å². The van der Waals surface area contributed by atoms with Crippen molar-refractivity contribution in [3.8, 4) is 0 Å². The van der Waals surface area contributed by atoms with Crippen LogP contribution in [-0.4, -0.2) is 16.1 Å². The number of amides is 1. The zero-order chi connectivity index (χ0) is 12.4. The Morgan fingerprint density at radius 1 is 1.53 bits per heavy atom. The molecule has 0 spiro atoms. The molecule has 1 amide bonds. The predicted molar refractivity (Wildman–Crippen MR) is 67.1 cm³/mol. The van der Waals surface area contributed by atoms with Crippen molar-refractivity contribution in [2.75, 3.05) is 11.1 Å². The number of anilines is 2. The maximum atomic E-state index is 11.8. The summed E-state index contributed by atoms with van der Waals surface area (Å²) in [5, 5.41) is 9.42. The number of benzene rings is 1. The summed E-state index contributed by atoms with van der Waals surface area (Å²) in [6.07, 6.45) is 0. The van der Waals surface area contributed by atoms with Gasteiger partial charge in [-0.1, -0.05) is 23.7 Å². The number of aromatic amines is 1. The van der Waals surface area contributed by atoms with E-state index < -0.39 is 0 Å². The van der Waals surface area contributed by atoms with Gasteiger partial charge >= 0.3 is 0 Å². The van der Waals surface area contributed by atoms with Crippen LogP contribution in [0.5, 0.6) is 0 Å². The Morgan fingerprint density at radius 2 is 2.29 bits per heavy atom. The highest BCUT2D eigenvalue weighted by atomic mass is 35.5. The summed E-state index contributed by atoms with van der Waals surface area (Å²) in [6, 6.07) is 6.86. The average Bonchev–Trinajstić information content (AvgIpc) is 2.70. The van der Waals surface area contributed by atoms with E-state index in [-0.39, 0.29) is 11.7 Å². The van der Waals surface area contributed by atoms with Gasteiger partial charge in [-0.05, 0) is 18.6 Å². The Labute approximate surface area is 103 Å². The standard InChI is InChI=1S/C11H11ClN4O/c1-6-3-2-4-7(12)10(6)14-11(17)8-5-9(13)16-15-8/h2-5H,1H3,(H,14,17)(H3,13,15,16). The van der Waals surface area contributed by atoms with Crippen LogP contribution in [0.4, 0.5) is 11.5 Å². The number of aromatic nitrogens is 2. The molecule has 1 aromatic carbocycles. The number of nitrogens with two attached hydrogens (primary N) is 1. The van der Waals surface area contributed by atoms with Gasteiger partial charge in [0.25, 0.3) is 5.91 Å². The lowest BCUT2D eigenvalue weighted by atomic mass is 10.2. The molecular formula is C11H11ClN4O. The number of para-hydroxylation sites is 1. The zero-order valence-electron chi connectivity index (χ0n) is 9.12. The molecule has 0 aliphatic heterocycles. The normalized spacial score (nSPS) is 10.2. The minimum atomic E-state index is -0.328. The van der Waals surface area contributed by atoms with Gasteiger partial charge < -0.3 is 11.1 Å². The van der Waals surface area contributed by atoms with Crippen LogP contribution in [-0.2, 0) is 0 Å². The van der Waals surface area contributed by atoms with Gasteiger partial charge in [0.1, 0.15) is 11.5 Å². The van der Waals surface area contributed by atoms with Gasteiger partial charge in [0.15, 0.2) is 0 Å². The van der Waals surface area contributed by atoms with Crippen LogP contribution in [0.2, 0.25) is 5.02 Å². The molecular weight excluding hydrogens is 240 g/mol. The van der Waals surface area contributed by atoms with Gasteiger partial charge in [-0.15, -0.1) is 0 Å². The van der Waals surface area contributed by atoms with Crippen molar-refractivity contribution in [1.82, 2.24) is 10.2 Å². The first-order valence-corrected chi connectivity index (χ1v) is 5.33. The van der Waals surface area contributed by atoms with Gasteiger partial charge in [0.05, 0.1) is 10.7 Å². The third-order valence-electron chi connectivity index (χ3n) is 2.30. The van der Waals surface area contributed by atoms with E-state index in [9.17, 15) is 4.79 Å². The summed E-state index contributed by atoms with van der Waals surface area (Å²) in [4.78, 5) is 11.8. The van der Waals surface area contributed by atoms with E-state index in [4.69, 9.17) is 17.3 Å². The van der Waals surface area contributed by atoms with Gasteiger partial charge in [-0.25, -0.2) is 0 Å². The summed E-state index contributed by atoms with van der Waals surface area (Å²) in [7, 11) is 0. The molecule has 1 aromatic heterocycles. The summed E-state index contributed by atoms with van der Waals surface area (Å²) in [6.45, 7) is 1.86. The van der Waals surface area contributed by atoms with E-state index in [1.165, 1.54) is 6.07 Å². The third kappa shape index (κ3) is 2.39. The quantitative estimate of drug-likeness (QED) is 0.764. The number of aryl methyl sites for hydroxylation is 1. The predicted octanol–water partition coefficient (Wildman–Crippen LogP) is 2.21. The Hall–Kier alpha value is -2.01. The number of nitrogens with zero attached hydrogens (tertiary/aromatic N) is 1. The molecule has 0 saturated heterocycles. The molecule has 0 aliphatic rings. The highest BCUT2D eigenvalue weighted by molar-refractivity contribution is 6.34. The second-order valence-corrected chi connectivity index (χ2v) is 4.00. The van der Waals surface area contributed by atoms with E-state index in [0.29, 0.717) is 16.4 Å². The van der Waals surface area contributed by atoms with Gasteiger partial charge in [-0.3, -0.25) is 9.89 Å². The fraction of sp³-hybridized carbons (Fsp3) is 0.0909. The van der Waals surface area contributed by atoms with E-state index in [1.807, 2.05) is 19.1 Å². The van der Waals surface area contributed by atoms with Crippen LogP contribution in [0, 0.1) is 6.92 Å². The summed E-state index contributed by atoms with van der Waals surface area (Å²) < 4.78 is 0. The maximum absolute atomic E-state index is 11.8. The van der Waals surface area contributed by atoms with Crippen molar-refractivity contribution in [2.45, 2.75) is 6.92 Å². The number of hydrogen-bond acceptors (Lipinski definition) is 3. The Morgan fingerprint density at radius 3 is 2.88 bits per heavy atom. The van der Waals surface area contributed by atoms with Crippen LogP contribution in [0.15, 0.2) is 24.3 Å². The minimum Gasteiger partial charge on any atom is -0.382 e. The number of carbonyl (C=O) groups excluding carboxylic acids is 1. The SMILES string of the molecule is Cc1cccc(Cl)c1NC(=O)c1cc(N)n[nH]1. The van der Waals surface area contributed by atoms with Crippen LogP contribution < -0.4 is 11.1 Å². The number of hydrogen-bond donors (Lipinski definition) is 3. The molecule has 0 atom stereocenters. The topological polar surface area (TPSA) is 83.8 Å². The molecule has 88 valence electrons. The number of nitrogen functional groups attached to an aromatic ring is 1. The summed E-state index contributed by atoms with van der Waals surface area (Å²) in [5.41, 5.74) is 7.19. The first-order chi connectivity index (χ1) is 8.08. The maximum Gasteiger partial charge on any atom is 0.273 e. The minimum absolute atomic E-state index is 0.269. The van der Waals surface area contributed by atoms with Gasteiger partial charge in [0, 0.05) is 6.07 Å². The molecule has 0 aliphatic carbocycles. The van der Waals surface area contributed by atoms with E-state index >= 15 is 0 Å². The first kappa shape index (κ1) is 11.5. The summed E-state index contributed by atoms with van der Waals surface area (Å²) in [5.74, 6) is -0.0589. The smallest absolute Gasteiger partial charge is 0.273 e. The molecule has 0 bridgehead atoms. The van der Waals surface area contributed by atoms with E-state index in [1.54, 1.807) is 6.07 Å². The lowest BCUT2D eigenvalue weighted by Crippen LogP contribution is -2.13. The van der Waals surface area contributed by atoms with E-state index in [2.05, 4.69) is 15.5 Å². The number of carbonyl (C=O) groups is 1. The third-order valence-corrected chi connectivity index (χ3v) is 2.62. The largest absolute Gasteiger partial charge is 0.382 e. The number of halogens is 1. The second kappa shape index (κ2) is 4.47. The molecule has 17 heavy (non-hydrogen) atoms. The average molecular weight is 251 g/mol. The molecule has 5 nitrogen and oxygen atoms in total. The van der Waals surface area contributed by atoms with Crippen LogP contribution in [0.1, 0.15) is 16.1 Å². The van der Waals surface area contributed by atoms with Crippen molar-refractivity contribution < 1.29 is 4.79 Å². The Kier molecular flexibility index (Phi) is 3.01. The summed E-state index contributed by atoms with van der Waals surface area (Å²) >= 11 is 6.00. The highest BCUT2D eigenvalue weighted by Crippen LogP contribution is 2.25. The van der Waals surface area contributed by atoms with Gasteiger partial charge in [0.2, 0.25) is 0 Å². The molecule has 2 rings (SSSR count). The van der Waals surface area contributed by atoms with Crippen molar-refractivity contribution in [1.29, 1.82) is 0 Å². The van der Waals surface area contributed by atoms with Gasteiger partial charge in [-0.2, -0.15) is 5.10 Å².